The van der Waals surface area contributed by atoms with Gasteiger partial charge in [0.05, 0.1) is 50.7 Å². The van der Waals surface area contributed by atoms with Gasteiger partial charge in [0.25, 0.3) is 0 Å². The second-order valence-corrected chi connectivity index (χ2v) is 13.0. The number of rotatable bonds is 19. The zero-order valence-corrected chi connectivity index (χ0v) is 28.9. The van der Waals surface area contributed by atoms with E-state index >= 15 is 0 Å². The minimum atomic E-state index is -1.06. The first-order valence-electron chi connectivity index (χ1n) is 17.6. The quantitative estimate of drug-likeness (QED) is 0.140. The Morgan fingerprint density at radius 1 is 0.920 bits per heavy atom. The summed E-state index contributed by atoms with van der Waals surface area (Å²) in [7, 11) is 1.56. The molecule has 5 atom stereocenters. The van der Waals surface area contributed by atoms with Gasteiger partial charge < -0.3 is 39.8 Å². The highest BCUT2D eigenvalue weighted by Crippen LogP contribution is 2.32. The maximum Gasteiger partial charge on any atom is 0.246 e. The summed E-state index contributed by atoms with van der Waals surface area (Å²) < 4.78 is 21.8. The van der Waals surface area contributed by atoms with E-state index in [2.05, 4.69) is 15.5 Å². The molecule has 0 bridgehead atoms. The van der Waals surface area contributed by atoms with Crippen molar-refractivity contribution < 1.29 is 38.7 Å². The number of ether oxygens (including phenoxy) is 4. The van der Waals surface area contributed by atoms with E-state index in [1.807, 2.05) is 78.9 Å². The summed E-state index contributed by atoms with van der Waals surface area (Å²) in [6, 6.07) is 23.8. The number of nitrogens with zero attached hydrogens (tertiary/aromatic N) is 1. The minimum absolute atomic E-state index is 0.0798. The Labute approximate surface area is 294 Å². The zero-order valence-electron chi connectivity index (χ0n) is 28.9. The number of carbonyl (C=O) groups is 2. The van der Waals surface area contributed by atoms with E-state index in [1.54, 1.807) is 7.11 Å². The third kappa shape index (κ3) is 11.3. The van der Waals surface area contributed by atoms with Gasteiger partial charge in [0.1, 0.15) is 19.0 Å². The monoisotopic (exact) mass is 689 g/mol. The molecule has 0 radical (unpaired) electrons. The molecule has 4 N–H and O–H groups in total. The molecule has 1 fully saturated rings. The largest absolute Gasteiger partial charge is 0.492 e. The van der Waals surface area contributed by atoms with Gasteiger partial charge in [-0.1, -0.05) is 66.7 Å². The lowest BCUT2D eigenvalue weighted by atomic mass is 9.88. The van der Waals surface area contributed by atoms with E-state index in [0.717, 1.165) is 60.9 Å². The lowest BCUT2D eigenvalue weighted by molar-refractivity contribution is -0.128. The number of benzene rings is 3. The SMILES string of the molecule is COCCOCC(=O)NC(Cc1ccccc1)C(O)CC(Cc1ccc(OCCN2CCOCC2)cc1)C(=O)NC1c2ccccc2CC1O. The predicted octanol–water partition coefficient (Wildman–Crippen LogP) is 2.47. The predicted molar refractivity (Wildman–Crippen MR) is 189 cm³/mol. The number of morpholine rings is 1. The molecule has 0 aromatic heterocycles. The summed E-state index contributed by atoms with van der Waals surface area (Å²) in [5, 5.41) is 28.6. The van der Waals surface area contributed by atoms with E-state index in [4.69, 9.17) is 18.9 Å². The first kappa shape index (κ1) is 37.4. The highest BCUT2D eigenvalue weighted by Gasteiger charge is 2.35. The van der Waals surface area contributed by atoms with E-state index in [9.17, 15) is 19.8 Å². The van der Waals surface area contributed by atoms with Gasteiger partial charge in [-0.05, 0) is 53.6 Å². The van der Waals surface area contributed by atoms with Crippen LogP contribution in [0.4, 0.5) is 0 Å². The van der Waals surface area contributed by atoms with Crippen LogP contribution in [0.5, 0.6) is 5.75 Å². The molecule has 2 aliphatic rings. The molecule has 5 unspecified atom stereocenters. The van der Waals surface area contributed by atoms with Crippen LogP contribution in [0.3, 0.4) is 0 Å². The minimum Gasteiger partial charge on any atom is -0.492 e. The van der Waals surface area contributed by atoms with Crippen molar-refractivity contribution in [2.24, 2.45) is 5.92 Å². The third-order valence-electron chi connectivity index (χ3n) is 9.36. The van der Waals surface area contributed by atoms with Crippen molar-refractivity contribution in [3.8, 4) is 5.75 Å². The van der Waals surface area contributed by atoms with Crippen LogP contribution in [0.25, 0.3) is 0 Å². The van der Waals surface area contributed by atoms with Gasteiger partial charge in [0.15, 0.2) is 0 Å². The van der Waals surface area contributed by atoms with Gasteiger partial charge in [-0.2, -0.15) is 0 Å². The van der Waals surface area contributed by atoms with Crippen molar-refractivity contribution in [1.29, 1.82) is 0 Å². The molecule has 5 rings (SSSR count). The molecule has 11 heteroatoms. The number of hydrogen-bond donors (Lipinski definition) is 4. The van der Waals surface area contributed by atoms with Crippen LogP contribution in [-0.4, -0.2) is 112 Å². The van der Waals surface area contributed by atoms with E-state index in [1.165, 1.54) is 0 Å². The van der Waals surface area contributed by atoms with Gasteiger partial charge in [-0.25, -0.2) is 0 Å². The first-order valence-corrected chi connectivity index (χ1v) is 17.6. The maximum absolute atomic E-state index is 14.1. The standard InChI is InChI=1S/C39H51N3O8/c1-47-21-22-49-27-37(45)40-34(24-28-7-3-2-4-8-28)35(43)26-31(39(46)41-38-33-10-6-5-9-30(33)25-36(38)44)23-29-11-13-32(14-12-29)50-20-17-42-15-18-48-19-16-42/h2-14,31,34-36,38,43-44H,15-27H2,1H3,(H,40,45)(H,41,46). The normalized spacial score (nSPS) is 19.3. The van der Waals surface area contributed by atoms with Gasteiger partial charge in [-0.15, -0.1) is 0 Å². The Morgan fingerprint density at radius 2 is 1.64 bits per heavy atom. The Balaban J connectivity index is 1.29. The summed E-state index contributed by atoms with van der Waals surface area (Å²) in [5.74, 6) is -0.557. The third-order valence-corrected chi connectivity index (χ3v) is 9.36. The second kappa shape index (κ2) is 19.5. The Bertz CT molecular complexity index is 1470. The van der Waals surface area contributed by atoms with E-state index < -0.39 is 30.2 Å². The zero-order chi connectivity index (χ0) is 35.1. The number of methoxy groups -OCH3 is 1. The summed E-state index contributed by atoms with van der Waals surface area (Å²) in [6.07, 6.45) is -0.564. The topological polar surface area (TPSA) is 139 Å². The van der Waals surface area contributed by atoms with Crippen LogP contribution in [0.2, 0.25) is 0 Å². The fraction of sp³-hybridized carbons (Fsp3) is 0.487. The molecular formula is C39H51N3O8. The molecule has 1 aliphatic heterocycles. The van der Waals surface area contributed by atoms with E-state index in [-0.39, 0.29) is 31.4 Å². The number of nitrogens with one attached hydrogen (secondary N) is 2. The van der Waals surface area contributed by atoms with Crippen LogP contribution < -0.4 is 15.4 Å². The Kier molecular flexibility index (Phi) is 14.6. The second-order valence-electron chi connectivity index (χ2n) is 13.0. The van der Waals surface area contributed by atoms with Crippen molar-refractivity contribution in [3.05, 3.63) is 101 Å². The summed E-state index contributed by atoms with van der Waals surface area (Å²) in [4.78, 5) is 29.3. The highest BCUT2D eigenvalue weighted by molar-refractivity contribution is 5.80. The Hall–Kier alpha value is -3.84. The number of carbonyl (C=O) groups excluding carboxylic acids is 2. The molecule has 1 heterocycles. The molecule has 50 heavy (non-hydrogen) atoms. The van der Waals surface area contributed by atoms with Crippen molar-refractivity contribution in [3.63, 3.8) is 0 Å². The van der Waals surface area contributed by atoms with Crippen LogP contribution in [-0.2, 0) is 43.1 Å². The van der Waals surface area contributed by atoms with Crippen molar-refractivity contribution >= 4 is 11.8 Å². The van der Waals surface area contributed by atoms with Crippen LogP contribution in [0.1, 0.15) is 34.7 Å². The number of fused-ring (bicyclic) bond motifs is 1. The molecule has 3 aromatic carbocycles. The number of hydrogen-bond acceptors (Lipinski definition) is 9. The highest BCUT2D eigenvalue weighted by atomic mass is 16.5. The van der Waals surface area contributed by atoms with Crippen molar-refractivity contribution in [1.82, 2.24) is 15.5 Å². The molecule has 3 aromatic rings. The van der Waals surface area contributed by atoms with Gasteiger partial charge >= 0.3 is 0 Å². The van der Waals surface area contributed by atoms with Gasteiger partial charge in [-0.3, -0.25) is 14.5 Å². The lowest BCUT2D eigenvalue weighted by Gasteiger charge is -2.29. The Morgan fingerprint density at radius 3 is 2.40 bits per heavy atom. The van der Waals surface area contributed by atoms with Crippen molar-refractivity contribution in [2.45, 2.75) is 50.0 Å². The summed E-state index contributed by atoms with van der Waals surface area (Å²) in [5.41, 5.74) is 3.74. The maximum atomic E-state index is 14.1. The van der Waals surface area contributed by atoms with Crippen LogP contribution in [0.15, 0.2) is 78.9 Å². The fourth-order valence-electron chi connectivity index (χ4n) is 6.59. The number of aliphatic hydroxyl groups excluding tert-OH is 2. The van der Waals surface area contributed by atoms with Gasteiger partial charge in [0, 0.05) is 39.1 Å². The lowest BCUT2D eigenvalue weighted by Crippen LogP contribution is -2.48. The smallest absolute Gasteiger partial charge is 0.246 e. The molecule has 0 saturated carbocycles. The average Bonchev–Trinajstić information content (AvgIpc) is 3.45. The number of aliphatic hydroxyl groups is 2. The number of amides is 2. The fourth-order valence-corrected chi connectivity index (χ4v) is 6.59. The summed E-state index contributed by atoms with van der Waals surface area (Å²) in [6.45, 7) is 5.13. The van der Waals surface area contributed by atoms with Crippen molar-refractivity contribution in [2.75, 3.05) is 66.4 Å². The molecule has 1 saturated heterocycles. The molecule has 11 nitrogen and oxygen atoms in total. The average molecular weight is 690 g/mol. The summed E-state index contributed by atoms with van der Waals surface area (Å²) >= 11 is 0. The molecule has 2 amide bonds. The van der Waals surface area contributed by atoms with E-state index in [0.29, 0.717) is 32.5 Å². The molecule has 1 aliphatic carbocycles. The van der Waals surface area contributed by atoms with Gasteiger partial charge in [0.2, 0.25) is 11.8 Å². The first-order chi connectivity index (χ1) is 24.4. The van der Waals surface area contributed by atoms with Crippen LogP contribution >= 0.6 is 0 Å². The molecule has 0 spiro atoms. The molecular weight excluding hydrogens is 638 g/mol. The van der Waals surface area contributed by atoms with Crippen LogP contribution in [0, 0.1) is 5.92 Å². The molecule has 270 valence electrons.